The van der Waals surface area contributed by atoms with Gasteiger partial charge in [-0.05, 0) is 66.1 Å². The number of hydrogen-bond acceptors (Lipinski definition) is 2. The Kier molecular flexibility index (Phi) is 5.17. The first-order valence-electron chi connectivity index (χ1n) is 10.2. The predicted octanol–water partition coefficient (Wildman–Crippen LogP) is 5.46. The van der Waals surface area contributed by atoms with Gasteiger partial charge in [-0.15, -0.1) is 0 Å². The monoisotopic (exact) mass is 399 g/mol. The Morgan fingerprint density at radius 1 is 0.933 bits per heavy atom. The predicted molar refractivity (Wildman–Crippen MR) is 120 cm³/mol. The third-order valence-electron chi connectivity index (χ3n) is 5.97. The number of carboxylic acid groups (broad SMARTS) is 1. The second-order valence-electron chi connectivity index (χ2n) is 8.00. The van der Waals surface area contributed by atoms with Gasteiger partial charge in [0.15, 0.2) is 0 Å². The average molecular weight is 399 g/mol. The van der Waals surface area contributed by atoms with Crippen LogP contribution >= 0.6 is 0 Å². The second-order valence-corrected chi connectivity index (χ2v) is 8.00. The van der Waals surface area contributed by atoms with Crippen LogP contribution in [-0.4, -0.2) is 17.0 Å². The Morgan fingerprint density at radius 3 is 2.33 bits per heavy atom. The summed E-state index contributed by atoms with van der Waals surface area (Å²) in [6.07, 6.45) is 0.986. The highest BCUT2D eigenvalue weighted by Crippen LogP contribution is 2.45. The van der Waals surface area contributed by atoms with Crippen molar-refractivity contribution in [3.8, 4) is 22.3 Å². The van der Waals surface area contributed by atoms with Crippen LogP contribution in [0.4, 0.5) is 5.69 Å². The van der Waals surface area contributed by atoms with Crippen LogP contribution < -0.4 is 5.32 Å². The lowest BCUT2D eigenvalue weighted by Gasteiger charge is -2.27. The van der Waals surface area contributed by atoms with Crippen LogP contribution in [0.1, 0.15) is 34.2 Å². The van der Waals surface area contributed by atoms with Crippen LogP contribution in [0.2, 0.25) is 0 Å². The number of hydrogen-bond donors (Lipinski definition) is 2. The van der Waals surface area contributed by atoms with Crippen molar-refractivity contribution in [2.45, 2.75) is 40.0 Å². The molecule has 152 valence electrons. The van der Waals surface area contributed by atoms with E-state index in [1.54, 1.807) is 0 Å². The van der Waals surface area contributed by atoms with Crippen molar-refractivity contribution in [3.63, 3.8) is 0 Å². The molecule has 3 aromatic rings. The Bertz CT molecular complexity index is 1160. The van der Waals surface area contributed by atoms with Gasteiger partial charge in [0.25, 0.3) is 0 Å². The van der Waals surface area contributed by atoms with Crippen molar-refractivity contribution in [1.82, 2.24) is 0 Å². The number of carbonyl (C=O) groups is 2. The maximum absolute atomic E-state index is 12.6. The number of fused-ring (bicyclic) bond motifs is 3. The number of amides is 1. The van der Waals surface area contributed by atoms with Gasteiger partial charge in [0.1, 0.15) is 0 Å². The largest absolute Gasteiger partial charge is 0.481 e. The first-order chi connectivity index (χ1) is 14.4. The molecule has 0 fully saturated rings. The first-order valence-corrected chi connectivity index (χ1v) is 10.2. The second kappa shape index (κ2) is 7.79. The highest BCUT2D eigenvalue weighted by molar-refractivity contribution is 6.02. The molecule has 0 saturated carbocycles. The van der Waals surface area contributed by atoms with Crippen molar-refractivity contribution in [3.05, 3.63) is 76.3 Å². The van der Waals surface area contributed by atoms with Gasteiger partial charge in [0.05, 0.1) is 12.1 Å². The normalized spacial score (nSPS) is 13.0. The molecule has 2 N–H and O–H groups in total. The average Bonchev–Trinajstić information content (AvgIpc) is 2.70. The minimum atomic E-state index is -0.886. The molecule has 0 saturated heterocycles. The minimum Gasteiger partial charge on any atom is -0.481 e. The lowest BCUT2D eigenvalue weighted by atomic mass is 9.81. The van der Waals surface area contributed by atoms with E-state index >= 15 is 0 Å². The van der Waals surface area contributed by atoms with Crippen molar-refractivity contribution < 1.29 is 14.7 Å². The fraction of sp³-hybridized carbons (Fsp3) is 0.231. The molecule has 0 spiro atoms. The number of carbonyl (C=O) groups excluding carboxylic acids is 1. The van der Waals surface area contributed by atoms with Gasteiger partial charge < -0.3 is 10.4 Å². The summed E-state index contributed by atoms with van der Waals surface area (Å²) in [6, 6.07) is 16.3. The molecule has 3 aromatic carbocycles. The van der Waals surface area contributed by atoms with Gasteiger partial charge in [-0.25, -0.2) is 0 Å². The van der Waals surface area contributed by atoms with Crippen LogP contribution in [0.3, 0.4) is 0 Å². The summed E-state index contributed by atoms with van der Waals surface area (Å²) < 4.78 is 0. The lowest BCUT2D eigenvalue weighted by molar-refractivity contribution is -0.136. The van der Waals surface area contributed by atoms with Crippen LogP contribution in [-0.2, 0) is 22.4 Å². The molecular formula is C26H25NO3. The summed E-state index contributed by atoms with van der Waals surface area (Å²) in [4.78, 5) is 24.3. The molecule has 4 rings (SSSR count). The zero-order valence-corrected chi connectivity index (χ0v) is 17.5. The number of aryl methyl sites for hydroxylation is 2. The maximum Gasteiger partial charge on any atom is 0.307 e. The summed E-state index contributed by atoms with van der Waals surface area (Å²) in [5, 5.41) is 12.7. The molecule has 0 aromatic heterocycles. The van der Waals surface area contributed by atoms with E-state index in [-0.39, 0.29) is 12.3 Å². The highest BCUT2D eigenvalue weighted by Gasteiger charge is 2.26. The fourth-order valence-corrected chi connectivity index (χ4v) is 4.47. The maximum atomic E-state index is 12.6. The van der Waals surface area contributed by atoms with E-state index < -0.39 is 5.97 Å². The topological polar surface area (TPSA) is 66.4 Å². The van der Waals surface area contributed by atoms with Crippen molar-refractivity contribution in [2.24, 2.45) is 0 Å². The number of carboxylic acids is 1. The minimum absolute atomic E-state index is 0.0439. The molecule has 4 heteroatoms. The number of rotatable bonds is 3. The van der Waals surface area contributed by atoms with Crippen LogP contribution in [0.15, 0.2) is 48.5 Å². The molecule has 1 amide bonds. The summed E-state index contributed by atoms with van der Waals surface area (Å²) in [5.74, 6) is -0.930. The van der Waals surface area contributed by atoms with Gasteiger partial charge in [-0.2, -0.15) is 0 Å². The van der Waals surface area contributed by atoms with E-state index in [0.29, 0.717) is 12.8 Å². The molecule has 0 bridgehead atoms. The van der Waals surface area contributed by atoms with Gasteiger partial charge >= 0.3 is 5.97 Å². The molecule has 0 unspecified atom stereocenters. The van der Waals surface area contributed by atoms with Crippen LogP contribution in [0.5, 0.6) is 0 Å². The molecule has 1 aliphatic rings. The summed E-state index contributed by atoms with van der Waals surface area (Å²) in [7, 11) is 0. The number of aliphatic carboxylic acids is 1. The van der Waals surface area contributed by atoms with Gasteiger partial charge in [0.2, 0.25) is 5.91 Å². The molecular weight excluding hydrogens is 374 g/mol. The van der Waals surface area contributed by atoms with E-state index in [2.05, 4.69) is 17.4 Å². The zero-order chi connectivity index (χ0) is 21.4. The lowest BCUT2D eigenvalue weighted by Crippen LogP contribution is -2.19. The highest BCUT2D eigenvalue weighted by atomic mass is 16.4. The Balaban J connectivity index is 2.11. The van der Waals surface area contributed by atoms with Crippen molar-refractivity contribution in [2.75, 3.05) is 5.32 Å². The Labute approximate surface area is 176 Å². The van der Waals surface area contributed by atoms with Gasteiger partial charge in [0, 0.05) is 12.0 Å². The van der Waals surface area contributed by atoms with Crippen LogP contribution in [0.25, 0.3) is 22.3 Å². The fourth-order valence-electron chi connectivity index (χ4n) is 4.47. The van der Waals surface area contributed by atoms with E-state index in [4.69, 9.17) is 0 Å². The van der Waals surface area contributed by atoms with Crippen molar-refractivity contribution >= 4 is 17.6 Å². The molecule has 0 aliphatic carbocycles. The quantitative estimate of drug-likeness (QED) is 0.615. The smallest absolute Gasteiger partial charge is 0.307 e. The molecule has 0 atom stereocenters. The Morgan fingerprint density at radius 2 is 1.63 bits per heavy atom. The molecule has 4 nitrogen and oxygen atoms in total. The van der Waals surface area contributed by atoms with E-state index in [1.165, 1.54) is 0 Å². The van der Waals surface area contributed by atoms with Gasteiger partial charge in [-0.1, -0.05) is 54.1 Å². The van der Waals surface area contributed by atoms with E-state index in [1.807, 2.05) is 57.2 Å². The standard InChI is InChI=1S/C26H25NO3/c1-15-8-10-19(11-9-15)24-17(3)25-20-7-5-4-6-18(20)12-13-22(28)27-26(25)16(2)21(24)14-23(29)30/h4-11H,12-14H2,1-3H3,(H,27,28)(H,29,30). The molecule has 30 heavy (non-hydrogen) atoms. The molecule has 1 aliphatic heterocycles. The van der Waals surface area contributed by atoms with Crippen molar-refractivity contribution in [1.29, 1.82) is 0 Å². The third-order valence-corrected chi connectivity index (χ3v) is 5.97. The zero-order valence-electron chi connectivity index (χ0n) is 17.5. The third kappa shape index (κ3) is 3.50. The van der Waals surface area contributed by atoms with E-state index in [9.17, 15) is 14.7 Å². The summed E-state index contributed by atoms with van der Waals surface area (Å²) in [6.45, 7) is 5.98. The number of benzene rings is 3. The first kappa shape index (κ1) is 19.9. The molecule has 1 heterocycles. The number of anilines is 1. The van der Waals surface area contributed by atoms with Crippen LogP contribution in [0, 0.1) is 20.8 Å². The van der Waals surface area contributed by atoms with Gasteiger partial charge in [-0.3, -0.25) is 9.59 Å². The van der Waals surface area contributed by atoms with E-state index in [0.717, 1.165) is 55.8 Å². The Hall–Kier alpha value is -3.40. The summed E-state index contributed by atoms with van der Waals surface area (Å²) in [5.41, 5.74) is 9.60. The SMILES string of the molecule is Cc1ccc(-c2c(C)c3c(c(C)c2CC(=O)O)NC(=O)CCc2ccccc2-3)cc1. The molecule has 0 radical (unpaired) electrons. The summed E-state index contributed by atoms with van der Waals surface area (Å²) >= 11 is 0. The number of nitrogens with one attached hydrogen (secondary N) is 1.